The normalized spacial score (nSPS) is 34.0. The van der Waals surface area contributed by atoms with Gasteiger partial charge >= 0.3 is 0 Å². The van der Waals surface area contributed by atoms with Gasteiger partial charge in [-0.15, -0.1) is 0 Å². The van der Waals surface area contributed by atoms with Crippen LogP contribution in [0.3, 0.4) is 0 Å². The van der Waals surface area contributed by atoms with Gasteiger partial charge in [0.15, 0.2) is 0 Å². The summed E-state index contributed by atoms with van der Waals surface area (Å²) in [5.41, 5.74) is 0.0491. The summed E-state index contributed by atoms with van der Waals surface area (Å²) >= 11 is 2.05. The van der Waals surface area contributed by atoms with Gasteiger partial charge in [-0.1, -0.05) is 13.8 Å². The Morgan fingerprint density at radius 1 is 1.39 bits per heavy atom. The van der Waals surface area contributed by atoms with Crippen LogP contribution in [0.2, 0.25) is 0 Å². The first-order valence-corrected chi connectivity index (χ1v) is 8.48. The van der Waals surface area contributed by atoms with Gasteiger partial charge in [-0.2, -0.15) is 11.8 Å². The molecule has 3 nitrogen and oxygen atoms in total. The van der Waals surface area contributed by atoms with Crippen LogP contribution in [0.4, 0.5) is 0 Å². The number of ether oxygens (including phenoxy) is 2. The van der Waals surface area contributed by atoms with E-state index in [9.17, 15) is 0 Å². The lowest BCUT2D eigenvalue weighted by atomic mass is 9.81. The van der Waals surface area contributed by atoms with E-state index in [2.05, 4.69) is 19.2 Å². The molecule has 0 aromatic carbocycles. The highest BCUT2D eigenvalue weighted by atomic mass is 32.2. The third kappa shape index (κ3) is 3.62. The van der Waals surface area contributed by atoms with Crippen molar-refractivity contribution in [3.8, 4) is 0 Å². The zero-order chi connectivity index (χ0) is 12.8. The number of thioether (sulfide) groups is 1. The summed E-state index contributed by atoms with van der Waals surface area (Å²) in [6.45, 7) is 8.11. The molecule has 2 aliphatic rings. The molecule has 3 atom stereocenters. The zero-order valence-electron chi connectivity index (χ0n) is 11.7. The second-order valence-corrected chi connectivity index (χ2v) is 6.73. The molecule has 18 heavy (non-hydrogen) atoms. The summed E-state index contributed by atoms with van der Waals surface area (Å²) in [6, 6.07) is 0.640. The third-order valence-electron chi connectivity index (χ3n) is 4.14. The zero-order valence-corrected chi connectivity index (χ0v) is 12.6. The molecule has 106 valence electrons. The van der Waals surface area contributed by atoms with E-state index in [4.69, 9.17) is 9.47 Å². The molecule has 0 bridgehead atoms. The van der Waals surface area contributed by atoms with Gasteiger partial charge in [0, 0.05) is 31.4 Å². The number of hydrogen-bond donors (Lipinski definition) is 1. The van der Waals surface area contributed by atoms with Crippen LogP contribution in [-0.2, 0) is 9.47 Å². The lowest BCUT2D eigenvalue weighted by Crippen LogP contribution is -2.48. The summed E-state index contributed by atoms with van der Waals surface area (Å²) in [6.07, 6.45) is 3.46. The van der Waals surface area contributed by atoms with Crippen molar-refractivity contribution in [2.75, 3.05) is 37.9 Å². The van der Waals surface area contributed by atoms with Crippen molar-refractivity contribution in [1.29, 1.82) is 0 Å². The maximum absolute atomic E-state index is 6.03. The van der Waals surface area contributed by atoms with Crippen LogP contribution in [0.25, 0.3) is 0 Å². The molecule has 2 fully saturated rings. The Hall–Kier alpha value is 0.230. The van der Waals surface area contributed by atoms with E-state index in [-0.39, 0.29) is 5.60 Å². The maximum Gasteiger partial charge on any atom is 0.0939 e. The predicted octanol–water partition coefficient (Wildman–Crippen LogP) is 2.30. The van der Waals surface area contributed by atoms with Crippen LogP contribution in [0.5, 0.6) is 0 Å². The standard InChI is InChI=1S/C14H27NO2S/c1-3-15-13(10-18-4-2)12-5-7-17-14(9-12)6-8-16-11-14/h12-13,15H,3-11H2,1-2H3. The summed E-state index contributed by atoms with van der Waals surface area (Å²) in [4.78, 5) is 0. The molecule has 3 unspecified atom stereocenters. The van der Waals surface area contributed by atoms with E-state index in [0.717, 1.165) is 38.7 Å². The van der Waals surface area contributed by atoms with Crippen LogP contribution < -0.4 is 5.32 Å². The van der Waals surface area contributed by atoms with Crippen LogP contribution >= 0.6 is 11.8 Å². The minimum absolute atomic E-state index is 0.0491. The van der Waals surface area contributed by atoms with E-state index in [1.54, 1.807) is 0 Å². The maximum atomic E-state index is 6.03. The quantitative estimate of drug-likeness (QED) is 0.804. The van der Waals surface area contributed by atoms with Gasteiger partial charge in [0.05, 0.1) is 12.2 Å². The smallest absolute Gasteiger partial charge is 0.0939 e. The van der Waals surface area contributed by atoms with Crippen molar-refractivity contribution in [3.05, 3.63) is 0 Å². The van der Waals surface area contributed by atoms with Crippen LogP contribution in [0, 0.1) is 5.92 Å². The molecule has 2 aliphatic heterocycles. The van der Waals surface area contributed by atoms with Crippen LogP contribution in [0.1, 0.15) is 33.1 Å². The molecule has 2 rings (SSSR count). The van der Waals surface area contributed by atoms with Gasteiger partial charge in [-0.25, -0.2) is 0 Å². The number of rotatable bonds is 6. The summed E-state index contributed by atoms with van der Waals surface area (Å²) in [5.74, 6) is 3.19. The Balaban J connectivity index is 1.91. The first kappa shape index (κ1) is 14.6. The molecule has 0 aromatic heterocycles. The van der Waals surface area contributed by atoms with Gasteiger partial charge in [0.25, 0.3) is 0 Å². The van der Waals surface area contributed by atoms with Crippen LogP contribution in [0.15, 0.2) is 0 Å². The van der Waals surface area contributed by atoms with E-state index in [0.29, 0.717) is 6.04 Å². The second kappa shape index (κ2) is 7.13. The lowest BCUT2D eigenvalue weighted by Gasteiger charge is -2.40. The second-order valence-electron chi connectivity index (χ2n) is 5.41. The topological polar surface area (TPSA) is 30.5 Å². The lowest BCUT2D eigenvalue weighted by molar-refractivity contribution is -0.102. The largest absolute Gasteiger partial charge is 0.378 e. The average molecular weight is 273 g/mol. The Kier molecular flexibility index (Phi) is 5.80. The molecule has 2 saturated heterocycles. The van der Waals surface area contributed by atoms with Crippen molar-refractivity contribution in [2.24, 2.45) is 5.92 Å². The molecule has 0 aromatic rings. The molecular weight excluding hydrogens is 246 g/mol. The average Bonchev–Trinajstić information content (AvgIpc) is 2.82. The van der Waals surface area contributed by atoms with Crippen molar-refractivity contribution >= 4 is 11.8 Å². The fraction of sp³-hybridized carbons (Fsp3) is 1.00. The Morgan fingerprint density at radius 2 is 2.28 bits per heavy atom. The molecule has 0 saturated carbocycles. The number of hydrogen-bond acceptors (Lipinski definition) is 4. The summed E-state index contributed by atoms with van der Waals surface area (Å²) in [5, 5.41) is 3.68. The van der Waals surface area contributed by atoms with Gasteiger partial charge in [-0.3, -0.25) is 0 Å². The first-order valence-electron chi connectivity index (χ1n) is 7.32. The van der Waals surface area contributed by atoms with Gasteiger partial charge < -0.3 is 14.8 Å². The molecule has 4 heteroatoms. The highest BCUT2D eigenvalue weighted by Gasteiger charge is 2.42. The van der Waals surface area contributed by atoms with E-state index < -0.39 is 0 Å². The predicted molar refractivity (Wildman–Crippen MR) is 77.3 cm³/mol. The molecule has 1 spiro atoms. The van der Waals surface area contributed by atoms with E-state index in [1.165, 1.54) is 24.3 Å². The Labute approximate surface area is 115 Å². The number of nitrogens with one attached hydrogen (secondary N) is 1. The van der Waals surface area contributed by atoms with E-state index >= 15 is 0 Å². The highest BCUT2D eigenvalue weighted by Crippen LogP contribution is 2.37. The molecule has 2 heterocycles. The fourth-order valence-electron chi connectivity index (χ4n) is 3.14. The Morgan fingerprint density at radius 3 is 2.94 bits per heavy atom. The van der Waals surface area contributed by atoms with Gasteiger partial charge in [0.2, 0.25) is 0 Å². The SMILES string of the molecule is CCNC(CSCC)C1CCOC2(CCOC2)C1. The minimum atomic E-state index is 0.0491. The highest BCUT2D eigenvalue weighted by molar-refractivity contribution is 7.99. The van der Waals surface area contributed by atoms with Gasteiger partial charge in [-0.05, 0) is 31.1 Å². The molecule has 1 N–H and O–H groups in total. The third-order valence-corrected chi connectivity index (χ3v) is 5.14. The summed E-state index contributed by atoms with van der Waals surface area (Å²) < 4.78 is 11.6. The van der Waals surface area contributed by atoms with Gasteiger partial charge in [0.1, 0.15) is 0 Å². The summed E-state index contributed by atoms with van der Waals surface area (Å²) in [7, 11) is 0. The van der Waals surface area contributed by atoms with E-state index in [1.807, 2.05) is 11.8 Å². The molecule has 0 radical (unpaired) electrons. The monoisotopic (exact) mass is 273 g/mol. The minimum Gasteiger partial charge on any atom is -0.378 e. The fourth-order valence-corrected chi connectivity index (χ4v) is 4.02. The van der Waals surface area contributed by atoms with Crippen molar-refractivity contribution in [3.63, 3.8) is 0 Å². The van der Waals surface area contributed by atoms with Crippen molar-refractivity contribution < 1.29 is 9.47 Å². The Bertz CT molecular complexity index is 244. The molecule has 0 aliphatic carbocycles. The molecule has 0 amide bonds. The first-order chi connectivity index (χ1) is 8.79. The molecular formula is C14H27NO2S. The van der Waals surface area contributed by atoms with Crippen molar-refractivity contribution in [1.82, 2.24) is 5.32 Å². The van der Waals surface area contributed by atoms with Crippen LogP contribution in [-0.4, -0.2) is 49.5 Å². The van der Waals surface area contributed by atoms with Crippen molar-refractivity contribution in [2.45, 2.75) is 44.8 Å².